The molecule has 1 aromatic rings. The Bertz CT molecular complexity index is 441. The maximum atomic E-state index is 11.6. The lowest BCUT2D eigenvalue weighted by atomic mass is 9.75. The van der Waals surface area contributed by atoms with Crippen LogP contribution < -0.4 is 0 Å². The first-order valence-corrected chi connectivity index (χ1v) is 5.76. The van der Waals surface area contributed by atoms with E-state index in [1.54, 1.807) is 6.08 Å². The second-order valence-corrected chi connectivity index (χ2v) is 5.24. The zero-order valence-corrected chi connectivity index (χ0v) is 10.2. The lowest BCUT2D eigenvalue weighted by molar-refractivity contribution is -0.116. The van der Waals surface area contributed by atoms with Gasteiger partial charge in [0.05, 0.1) is 6.20 Å². The van der Waals surface area contributed by atoms with Crippen LogP contribution in [0.1, 0.15) is 39.2 Å². The van der Waals surface area contributed by atoms with Gasteiger partial charge in [-0.1, -0.05) is 13.8 Å². The van der Waals surface area contributed by atoms with E-state index in [1.165, 1.54) is 0 Å². The van der Waals surface area contributed by atoms with E-state index in [9.17, 15) is 4.79 Å². The Labute approximate surface area is 96.2 Å². The van der Waals surface area contributed by atoms with Gasteiger partial charge in [0.15, 0.2) is 5.78 Å². The Kier molecular flexibility index (Phi) is 2.70. The van der Waals surface area contributed by atoms with Crippen LogP contribution in [-0.4, -0.2) is 15.6 Å². The number of aromatic nitrogens is 2. The predicted octanol–water partition coefficient (Wildman–Crippen LogP) is 2.68. The van der Waals surface area contributed by atoms with E-state index in [0.29, 0.717) is 6.42 Å². The quantitative estimate of drug-likeness (QED) is 0.765. The number of rotatable bonds is 2. The topological polar surface area (TPSA) is 34.9 Å². The largest absolute Gasteiger partial charge is 0.295 e. The molecule has 16 heavy (non-hydrogen) atoms. The third-order valence-corrected chi connectivity index (χ3v) is 2.99. The standard InChI is InChI=1S/C13H18N2O/c1-4-15-9-11(8-14-15)10-5-12(16)7-13(2,3)6-10/h5,8-9H,4,6-7H2,1-3H3. The Hall–Kier alpha value is -1.38. The average molecular weight is 218 g/mol. The fraction of sp³-hybridized carbons (Fsp3) is 0.538. The molecule has 1 aromatic heterocycles. The van der Waals surface area contributed by atoms with Crippen molar-refractivity contribution >= 4 is 11.4 Å². The molecular weight excluding hydrogens is 200 g/mol. The fourth-order valence-electron chi connectivity index (χ4n) is 2.23. The minimum absolute atomic E-state index is 0.0789. The molecule has 0 aliphatic heterocycles. The summed E-state index contributed by atoms with van der Waals surface area (Å²) in [5.41, 5.74) is 2.29. The molecule has 1 aliphatic rings. The van der Waals surface area contributed by atoms with E-state index >= 15 is 0 Å². The van der Waals surface area contributed by atoms with E-state index in [4.69, 9.17) is 0 Å². The lowest BCUT2D eigenvalue weighted by Crippen LogP contribution is -2.21. The number of allylic oxidation sites excluding steroid dienone is 2. The van der Waals surface area contributed by atoms with Crippen molar-refractivity contribution in [3.8, 4) is 0 Å². The molecule has 0 amide bonds. The minimum Gasteiger partial charge on any atom is -0.295 e. The number of nitrogens with zero attached hydrogens (tertiary/aromatic N) is 2. The van der Waals surface area contributed by atoms with Crippen LogP contribution >= 0.6 is 0 Å². The van der Waals surface area contributed by atoms with Crippen molar-refractivity contribution < 1.29 is 4.79 Å². The van der Waals surface area contributed by atoms with E-state index in [1.807, 2.05) is 17.1 Å². The molecular formula is C13H18N2O. The Morgan fingerprint density at radius 2 is 2.19 bits per heavy atom. The number of carbonyl (C=O) groups excluding carboxylic acids is 1. The molecule has 3 nitrogen and oxygen atoms in total. The van der Waals surface area contributed by atoms with Crippen LogP contribution in [0, 0.1) is 5.41 Å². The summed E-state index contributed by atoms with van der Waals surface area (Å²) < 4.78 is 1.89. The van der Waals surface area contributed by atoms with Crippen molar-refractivity contribution in [2.75, 3.05) is 0 Å². The molecule has 0 spiro atoms. The van der Waals surface area contributed by atoms with Crippen molar-refractivity contribution in [3.05, 3.63) is 24.0 Å². The van der Waals surface area contributed by atoms with E-state index in [-0.39, 0.29) is 11.2 Å². The van der Waals surface area contributed by atoms with Crippen molar-refractivity contribution in [1.29, 1.82) is 0 Å². The van der Waals surface area contributed by atoms with Crippen LogP contribution in [0.3, 0.4) is 0 Å². The minimum atomic E-state index is 0.0789. The smallest absolute Gasteiger partial charge is 0.156 e. The fourth-order valence-corrected chi connectivity index (χ4v) is 2.23. The van der Waals surface area contributed by atoms with Gasteiger partial charge in [-0.25, -0.2) is 0 Å². The molecule has 0 saturated carbocycles. The van der Waals surface area contributed by atoms with Crippen LogP contribution in [0.15, 0.2) is 18.5 Å². The highest BCUT2D eigenvalue weighted by molar-refractivity contribution is 5.99. The lowest BCUT2D eigenvalue weighted by Gasteiger charge is -2.28. The monoisotopic (exact) mass is 218 g/mol. The second kappa shape index (κ2) is 3.89. The van der Waals surface area contributed by atoms with Gasteiger partial charge in [-0.3, -0.25) is 9.48 Å². The Balaban J connectivity index is 2.30. The maximum Gasteiger partial charge on any atom is 0.156 e. The van der Waals surface area contributed by atoms with Gasteiger partial charge in [0.25, 0.3) is 0 Å². The van der Waals surface area contributed by atoms with Crippen molar-refractivity contribution in [1.82, 2.24) is 9.78 Å². The third-order valence-electron chi connectivity index (χ3n) is 2.99. The zero-order chi connectivity index (χ0) is 11.8. The number of hydrogen-bond donors (Lipinski definition) is 0. The van der Waals surface area contributed by atoms with Crippen LogP contribution in [0.2, 0.25) is 0 Å². The molecule has 0 atom stereocenters. The van der Waals surface area contributed by atoms with Crippen LogP contribution in [0.5, 0.6) is 0 Å². The van der Waals surface area contributed by atoms with Gasteiger partial charge in [-0.05, 0) is 30.4 Å². The Morgan fingerprint density at radius 1 is 1.44 bits per heavy atom. The summed E-state index contributed by atoms with van der Waals surface area (Å²) in [6.45, 7) is 7.20. The summed E-state index contributed by atoms with van der Waals surface area (Å²) in [7, 11) is 0. The molecule has 0 aromatic carbocycles. The molecule has 0 radical (unpaired) electrons. The van der Waals surface area contributed by atoms with Crippen LogP contribution in [0.4, 0.5) is 0 Å². The molecule has 2 rings (SSSR count). The molecule has 1 aliphatic carbocycles. The third kappa shape index (κ3) is 2.23. The summed E-state index contributed by atoms with van der Waals surface area (Å²) in [5, 5.41) is 4.25. The molecule has 0 unspecified atom stereocenters. The van der Waals surface area contributed by atoms with E-state index in [0.717, 1.165) is 24.1 Å². The first kappa shape index (κ1) is 11.1. The summed E-state index contributed by atoms with van der Waals surface area (Å²) in [4.78, 5) is 11.6. The first-order valence-electron chi connectivity index (χ1n) is 5.76. The summed E-state index contributed by atoms with van der Waals surface area (Å²) in [5.74, 6) is 0.232. The average Bonchev–Trinajstić information content (AvgIpc) is 2.62. The van der Waals surface area contributed by atoms with Gasteiger partial charge in [-0.15, -0.1) is 0 Å². The summed E-state index contributed by atoms with van der Waals surface area (Å²) in [6.07, 6.45) is 7.25. The molecule has 86 valence electrons. The molecule has 0 fully saturated rings. The second-order valence-electron chi connectivity index (χ2n) is 5.24. The molecule has 3 heteroatoms. The maximum absolute atomic E-state index is 11.6. The highest BCUT2D eigenvalue weighted by Crippen LogP contribution is 2.37. The van der Waals surface area contributed by atoms with Gasteiger partial charge in [-0.2, -0.15) is 5.10 Å². The Morgan fingerprint density at radius 3 is 2.75 bits per heavy atom. The highest BCUT2D eigenvalue weighted by Gasteiger charge is 2.28. The molecule has 0 N–H and O–H groups in total. The molecule has 0 saturated heterocycles. The van der Waals surface area contributed by atoms with E-state index in [2.05, 4.69) is 25.9 Å². The molecule has 1 heterocycles. The SMILES string of the molecule is CCn1cc(C2=CC(=O)CC(C)(C)C2)cn1. The molecule has 0 bridgehead atoms. The number of ketones is 1. The van der Waals surface area contributed by atoms with Gasteiger partial charge < -0.3 is 0 Å². The van der Waals surface area contributed by atoms with Gasteiger partial charge in [0.2, 0.25) is 0 Å². The number of carbonyl (C=O) groups is 1. The van der Waals surface area contributed by atoms with Crippen molar-refractivity contribution in [3.63, 3.8) is 0 Å². The predicted molar refractivity (Wildman–Crippen MR) is 63.9 cm³/mol. The summed E-state index contributed by atoms with van der Waals surface area (Å²) in [6, 6.07) is 0. The van der Waals surface area contributed by atoms with Crippen LogP contribution in [-0.2, 0) is 11.3 Å². The highest BCUT2D eigenvalue weighted by atomic mass is 16.1. The first-order chi connectivity index (χ1) is 7.50. The van der Waals surface area contributed by atoms with E-state index < -0.39 is 0 Å². The van der Waals surface area contributed by atoms with Crippen molar-refractivity contribution in [2.24, 2.45) is 5.41 Å². The van der Waals surface area contributed by atoms with Gasteiger partial charge >= 0.3 is 0 Å². The normalized spacial score (nSPS) is 19.7. The zero-order valence-electron chi connectivity index (χ0n) is 10.2. The van der Waals surface area contributed by atoms with Crippen molar-refractivity contribution in [2.45, 2.75) is 40.2 Å². The van der Waals surface area contributed by atoms with Crippen LogP contribution in [0.25, 0.3) is 5.57 Å². The number of aryl methyl sites for hydroxylation is 1. The number of hydrogen-bond acceptors (Lipinski definition) is 2. The van der Waals surface area contributed by atoms with Gasteiger partial charge in [0.1, 0.15) is 0 Å². The summed E-state index contributed by atoms with van der Waals surface area (Å²) >= 11 is 0. The van der Waals surface area contributed by atoms with Gasteiger partial charge in [0, 0.05) is 24.7 Å².